The Morgan fingerprint density at radius 2 is 2.10 bits per heavy atom. The van der Waals surface area contributed by atoms with E-state index in [0.717, 1.165) is 25.3 Å². The third-order valence-corrected chi connectivity index (χ3v) is 4.09. The molecule has 1 aliphatic heterocycles. The maximum absolute atomic E-state index is 11.0. The second kappa shape index (κ2) is 8.05. The van der Waals surface area contributed by atoms with Crippen molar-refractivity contribution >= 4 is 5.97 Å². The number of benzene rings is 1. The van der Waals surface area contributed by atoms with E-state index in [-0.39, 0.29) is 5.97 Å². The first kappa shape index (κ1) is 15.0. The number of likely N-dealkylation sites (tertiary alicyclic amines) is 1. The van der Waals surface area contributed by atoms with E-state index in [1.165, 1.54) is 38.6 Å². The summed E-state index contributed by atoms with van der Waals surface area (Å²) < 4.78 is 4.66. The number of hydrogen-bond acceptors (Lipinski definition) is 3. The standard InChI is InChI=1S/C17H25NO2/c1-20-17(19)10-6-5-9-16-11-12-18(14-16)13-15-7-3-2-4-8-15/h2-4,7-8,16H,5-6,9-14H2,1H3. The molecule has 0 bridgehead atoms. The molecule has 1 aromatic rings. The number of esters is 1. The SMILES string of the molecule is COC(=O)CCCCC1CCN(Cc2ccccc2)C1. The molecule has 0 radical (unpaired) electrons. The van der Waals surface area contributed by atoms with Crippen LogP contribution in [-0.2, 0) is 16.1 Å². The van der Waals surface area contributed by atoms with Crippen LogP contribution in [0.15, 0.2) is 30.3 Å². The monoisotopic (exact) mass is 275 g/mol. The predicted molar refractivity (Wildman–Crippen MR) is 80.3 cm³/mol. The summed E-state index contributed by atoms with van der Waals surface area (Å²) in [6, 6.07) is 10.7. The Balaban J connectivity index is 1.62. The Bertz CT molecular complexity index is 405. The second-order valence-electron chi connectivity index (χ2n) is 5.70. The molecular formula is C17H25NO2. The molecule has 3 nitrogen and oxygen atoms in total. The molecule has 1 heterocycles. The molecule has 2 rings (SSSR count). The Kier molecular flexibility index (Phi) is 6.06. The Morgan fingerprint density at radius 3 is 2.85 bits per heavy atom. The van der Waals surface area contributed by atoms with Gasteiger partial charge < -0.3 is 4.74 Å². The van der Waals surface area contributed by atoms with Crippen molar-refractivity contribution in [2.45, 2.75) is 38.6 Å². The van der Waals surface area contributed by atoms with Gasteiger partial charge in [0.05, 0.1) is 7.11 Å². The van der Waals surface area contributed by atoms with Crippen molar-refractivity contribution < 1.29 is 9.53 Å². The van der Waals surface area contributed by atoms with Crippen LogP contribution in [0.25, 0.3) is 0 Å². The third-order valence-electron chi connectivity index (χ3n) is 4.09. The molecule has 0 aliphatic carbocycles. The molecule has 1 saturated heterocycles. The average molecular weight is 275 g/mol. The lowest BCUT2D eigenvalue weighted by Gasteiger charge is -2.16. The molecule has 1 unspecified atom stereocenters. The minimum absolute atomic E-state index is 0.0814. The lowest BCUT2D eigenvalue weighted by Crippen LogP contribution is -2.20. The minimum atomic E-state index is -0.0814. The molecule has 20 heavy (non-hydrogen) atoms. The molecule has 0 saturated carbocycles. The molecule has 1 aliphatic rings. The molecule has 1 aromatic carbocycles. The van der Waals surface area contributed by atoms with Crippen LogP contribution in [0, 0.1) is 5.92 Å². The smallest absolute Gasteiger partial charge is 0.305 e. The third kappa shape index (κ3) is 4.97. The summed E-state index contributed by atoms with van der Waals surface area (Å²) in [5, 5.41) is 0. The summed E-state index contributed by atoms with van der Waals surface area (Å²) in [6.07, 6.45) is 5.20. The summed E-state index contributed by atoms with van der Waals surface area (Å²) in [5.41, 5.74) is 1.40. The largest absolute Gasteiger partial charge is 0.469 e. The van der Waals surface area contributed by atoms with Gasteiger partial charge in [0.15, 0.2) is 0 Å². The van der Waals surface area contributed by atoms with E-state index in [1.807, 2.05) is 0 Å². The lowest BCUT2D eigenvalue weighted by atomic mass is 10.0. The van der Waals surface area contributed by atoms with Gasteiger partial charge in [-0.05, 0) is 37.3 Å². The molecule has 0 N–H and O–H groups in total. The number of methoxy groups -OCH3 is 1. The number of carbonyl (C=O) groups is 1. The summed E-state index contributed by atoms with van der Waals surface area (Å²) >= 11 is 0. The van der Waals surface area contributed by atoms with Gasteiger partial charge in [0.2, 0.25) is 0 Å². The highest BCUT2D eigenvalue weighted by Gasteiger charge is 2.21. The molecular weight excluding hydrogens is 250 g/mol. The molecule has 3 heteroatoms. The summed E-state index contributed by atoms with van der Waals surface area (Å²) in [4.78, 5) is 13.6. The fourth-order valence-electron chi connectivity index (χ4n) is 2.94. The molecule has 1 atom stereocenters. The zero-order valence-corrected chi connectivity index (χ0v) is 12.4. The van der Waals surface area contributed by atoms with Gasteiger partial charge in [0.25, 0.3) is 0 Å². The molecule has 0 spiro atoms. The number of carbonyl (C=O) groups excluding carboxylic acids is 1. The zero-order chi connectivity index (χ0) is 14.2. The number of rotatable bonds is 7. The quantitative estimate of drug-likeness (QED) is 0.565. The van der Waals surface area contributed by atoms with Crippen LogP contribution in [0.2, 0.25) is 0 Å². The topological polar surface area (TPSA) is 29.5 Å². The van der Waals surface area contributed by atoms with Crippen molar-refractivity contribution in [3.05, 3.63) is 35.9 Å². The Morgan fingerprint density at radius 1 is 1.30 bits per heavy atom. The fraction of sp³-hybridized carbons (Fsp3) is 0.588. The highest BCUT2D eigenvalue weighted by atomic mass is 16.5. The first-order valence-corrected chi connectivity index (χ1v) is 7.61. The molecule has 110 valence electrons. The summed E-state index contributed by atoms with van der Waals surface area (Å²) in [6.45, 7) is 3.48. The van der Waals surface area contributed by atoms with Crippen molar-refractivity contribution in [1.82, 2.24) is 4.90 Å². The number of nitrogens with zero attached hydrogens (tertiary/aromatic N) is 1. The first-order valence-electron chi connectivity index (χ1n) is 7.61. The van der Waals surface area contributed by atoms with Gasteiger partial charge in [-0.3, -0.25) is 9.69 Å². The van der Waals surface area contributed by atoms with Crippen molar-refractivity contribution in [2.75, 3.05) is 20.2 Å². The van der Waals surface area contributed by atoms with E-state index >= 15 is 0 Å². The van der Waals surface area contributed by atoms with Crippen LogP contribution in [0.3, 0.4) is 0 Å². The second-order valence-corrected chi connectivity index (χ2v) is 5.70. The van der Waals surface area contributed by atoms with Crippen LogP contribution >= 0.6 is 0 Å². The Hall–Kier alpha value is -1.35. The van der Waals surface area contributed by atoms with E-state index in [9.17, 15) is 4.79 Å². The zero-order valence-electron chi connectivity index (χ0n) is 12.4. The van der Waals surface area contributed by atoms with E-state index in [1.54, 1.807) is 0 Å². The highest BCUT2D eigenvalue weighted by Crippen LogP contribution is 2.23. The van der Waals surface area contributed by atoms with E-state index in [0.29, 0.717) is 6.42 Å². The maximum atomic E-state index is 11.0. The lowest BCUT2D eigenvalue weighted by molar-refractivity contribution is -0.140. The van der Waals surface area contributed by atoms with Crippen molar-refractivity contribution in [1.29, 1.82) is 0 Å². The van der Waals surface area contributed by atoms with Crippen LogP contribution < -0.4 is 0 Å². The summed E-state index contributed by atoms with van der Waals surface area (Å²) in [5.74, 6) is 0.721. The van der Waals surface area contributed by atoms with Gasteiger partial charge in [0, 0.05) is 19.5 Å². The van der Waals surface area contributed by atoms with Gasteiger partial charge in [0.1, 0.15) is 0 Å². The van der Waals surface area contributed by atoms with E-state index in [2.05, 4.69) is 40.0 Å². The first-order chi connectivity index (χ1) is 9.78. The molecule has 0 amide bonds. The van der Waals surface area contributed by atoms with Crippen LogP contribution in [0.5, 0.6) is 0 Å². The van der Waals surface area contributed by atoms with Gasteiger partial charge in [-0.2, -0.15) is 0 Å². The highest BCUT2D eigenvalue weighted by molar-refractivity contribution is 5.68. The van der Waals surface area contributed by atoms with Gasteiger partial charge in [-0.1, -0.05) is 36.8 Å². The minimum Gasteiger partial charge on any atom is -0.469 e. The van der Waals surface area contributed by atoms with Crippen LogP contribution in [0.4, 0.5) is 0 Å². The van der Waals surface area contributed by atoms with Gasteiger partial charge in [-0.15, -0.1) is 0 Å². The van der Waals surface area contributed by atoms with Crippen molar-refractivity contribution in [2.24, 2.45) is 5.92 Å². The number of unbranched alkanes of at least 4 members (excludes halogenated alkanes) is 1. The maximum Gasteiger partial charge on any atom is 0.305 e. The van der Waals surface area contributed by atoms with Gasteiger partial charge >= 0.3 is 5.97 Å². The fourth-order valence-corrected chi connectivity index (χ4v) is 2.94. The number of hydrogen-bond donors (Lipinski definition) is 0. The van der Waals surface area contributed by atoms with Crippen molar-refractivity contribution in [3.8, 4) is 0 Å². The average Bonchev–Trinajstić information content (AvgIpc) is 2.92. The predicted octanol–water partition coefficient (Wildman–Crippen LogP) is 3.24. The number of ether oxygens (including phenoxy) is 1. The van der Waals surface area contributed by atoms with E-state index in [4.69, 9.17) is 0 Å². The van der Waals surface area contributed by atoms with Crippen LogP contribution in [0.1, 0.15) is 37.7 Å². The van der Waals surface area contributed by atoms with Crippen LogP contribution in [-0.4, -0.2) is 31.1 Å². The molecule has 1 fully saturated rings. The normalized spacial score (nSPS) is 19.1. The van der Waals surface area contributed by atoms with Crippen molar-refractivity contribution in [3.63, 3.8) is 0 Å². The van der Waals surface area contributed by atoms with Gasteiger partial charge in [-0.25, -0.2) is 0 Å². The Labute approximate surface area is 121 Å². The summed E-state index contributed by atoms with van der Waals surface area (Å²) in [7, 11) is 1.46. The molecule has 0 aromatic heterocycles. The van der Waals surface area contributed by atoms with E-state index < -0.39 is 0 Å².